The summed E-state index contributed by atoms with van der Waals surface area (Å²) >= 11 is 1.93. The Hall–Kier alpha value is -1.30. The Kier molecular flexibility index (Phi) is 5.09. The van der Waals surface area contributed by atoms with Crippen molar-refractivity contribution in [2.24, 2.45) is 0 Å². The van der Waals surface area contributed by atoms with Gasteiger partial charge in [0.1, 0.15) is 0 Å². The highest BCUT2D eigenvalue weighted by atomic mass is 32.2. The maximum atomic E-state index is 10.6. The van der Waals surface area contributed by atoms with Gasteiger partial charge in [-0.25, -0.2) is 4.68 Å². The number of aryl methyl sites for hydroxylation is 1. The molecule has 5 heteroatoms. The van der Waals surface area contributed by atoms with Crippen LogP contribution in [0, 0.1) is 13.8 Å². The molecule has 1 aromatic heterocycles. The second-order valence-electron chi connectivity index (χ2n) is 6.34. The first kappa shape index (κ1) is 16.6. The van der Waals surface area contributed by atoms with Crippen LogP contribution in [0.15, 0.2) is 30.3 Å². The van der Waals surface area contributed by atoms with Crippen molar-refractivity contribution in [1.82, 2.24) is 15.1 Å². The molecule has 0 saturated carbocycles. The number of benzene rings is 1. The first-order valence-corrected chi connectivity index (χ1v) is 9.36. The number of rotatable bonds is 5. The van der Waals surface area contributed by atoms with Crippen LogP contribution >= 0.6 is 11.8 Å². The highest BCUT2D eigenvalue weighted by Gasteiger charge is 2.29. The Balaban J connectivity index is 1.68. The molecule has 0 atom stereocenters. The molecule has 23 heavy (non-hydrogen) atoms. The maximum Gasteiger partial charge on any atom is 0.0787 e. The third-order valence-corrected chi connectivity index (χ3v) is 5.61. The van der Waals surface area contributed by atoms with E-state index in [1.165, 1.54) is 5.56 Å². The third-order valence-electron chi connectivity index (χ3n) is 4.62. The lowest BCUT2D eigenvalue weighted by Gasteiger charge is -2.32. The summed E-state index contributed by atoms with van der Waals surface area (Å²) in [5, 5.41) is 18.7. The zero-order chi connectivity index (χ0) is 16.3. The Bertz CT molecular complexity index is 648. The van der Waals surface area contributed by atoms with Gasteiger partial charge in [0, 0.05) is 24.3 Å². The van der Waals surface area contributed by atoms with Crippen molar-refractivity contribution in [2.75, 3.05) is 18.1 Å². The smallest absolute Gasteiger partial charge is 0.0787 e. The Morgan fingerprint density at radius 1 is 1.22 bits per heavy atom. The number of nitrogens with zero attached hydrogens (tertiary/aromatic N) is 2. The number of thioether (sulfide) groups is 1. The van der Waals surface area contributed by atoms with Gasteiger partial charge in [0.25, 0.3) is 0 Å². The van der Waals surface area contributed by atoms with E-state index in [1.54, 1.807) is 0 Å². The van der Waals surface area contributed by atoms with E-state index in [4.69, 9.17) is 0 Å². The zero-order valence-electron chi connectivity index (χ0n) is 13.9. The van der Waals surface area contributed by atoms with Crippen LogP contribution in [0.25, 0.3) is 5.69 Å². The molecule has 2 heterocycles. The van der Waals surface area contributed by atoms with Crippen LogP contribution in [0.1, 0.15) is 29.8 Å². The van der Waals surface area contributed by atoms with Crippen LogP contribution in [-0.2, 0) is 6.54 Å². The topological polar surface area (TPSA) is 50.1 Å². The van der Waals surface area contributed by atoms with Crippen molar-refractivity contribution in [3.05, 3.63) is 47.3 Å². The van der Waals surface area contributed by atoms with Gasteiger partial charge in [-0.2, -0.15) is 16.9 Å². The molecule has 1 fully saturated rings. The van der Waals surface area contributed by atoms with Crippen molar-refractivity contribution in [3.8, 4) is 5.69 Å². The highest BCUT2D eigenvalue weighted by Crippen LogP contribution is 2.26. The summed E-state index contributed by atoms with van der Waals surface area (Å²) in [6.07, 6.45) is 1.76. The fraction of sp³-hybridized carbons (Fsp3) is 0.500. The minimum Gasteiger partial charge on any atom is -0.389 e. The van der Waals surface area contributed by atoms with Crippen LogP contribution in [0.5, 0.6) is 0 Å². The quantitative estimate of drug-likeness (QED) is 0.884. The Morgan fingerprint density at radius 3 is 2.61 bits per heavy atom. The zero-order valence-corrected chi connectivity index (χ0v) is 14.7. The molecule has 124 valence electrons. The highest BCUT2D eigenvalue weighted by molar-refractivity contribution is 7.99. The van der Waals surface area contributed by atoms with Gasteiger partial charge in [-0.3, -0.25) is 0 Å². The molecule has 4 nitrogen and oxygen atoms in total. The number of hydrogen-bond donors (Lipinski definition) is 2. The molecule has 0 aliphatic carbocycles. The first-order chi connectivity index (χ1) is 11.1. The normalized spacial score (nSPS) is 17.3. The molecule has 1 aliphatic rings. The minimum absolute atomic E-state index is 0.539. The predicted molar refractivity (Wildman–Crippen MR) is 96.3 cm³/mol. The Morgan fingerprint density at radius 2 is 1.91 bits per heavy atom. The van der Waals surface area contributed by atoms with Gasteiger partial charge in [-0.1, -0.05) is 18.2 Å². The molecule has 1 aromatic carbocycles. The second kappa shape index (κ2) is 7.07. The summed E-state index contributed by atoms with van der Waals surface area (Å²) in [5.41, 5.74) is 3.98. The van der Waals surface area contributed by atoms with Crippen molar-refractivity contribution < 1.29 is 5.11 Å². The van der Waals surface area contributed by atoms with Crippen LogP contribution in [0.3, 0.4) is 0 Å². The number of aliphatic hydroxyl groups is 1. The molecule has 0 unspecified atom stereocenters. The molecule has 2 N–H and O–H groups in total. The molecule has 0 amide bonds. The van der Waals surface area contributed by atoms with E-state index in [0.717, 1.165) is 48.0 Å². The minimum atomic E-state index is -0.539. The lowest BCUT2D eigenvalue weighted by atomic mass is 9.97. The lowest BCUT2D eigenvalue weighted by molar-refractivity contribution is 0.0320. The van der Waals surface area contributed by atoms with E-state index in [2.05, 4.69) is 36.4 Å². The van der Waals surface area contributed by atoms with E-state index in [-0.39, 0.29) is 0 Å². The van der Waals surface area contributed by atoms with Gasteiger partial charge in [0.15, 0.2) is 0 Å². The third kappa shape index (κ3) is 3.79. The van der Waals surface area contributed by atoms with Gasteiger partial charge in [0.2, 0.25) is 0 Å². The van der Waals surface area contributed by atoms with Crippen molar-refractivity contribution in [1.29, 1.82) is 0 Å². The molecular formula is C18H25N3OS. The van der Waals surface area contributed by atoms with Crippen molar-refractivity contribution in [3.63, 3.8) is 0 Å². The molecule has 1 aliphatic heterocycles. The van der Waals surface area contributed by atoms with Crippen molar-refractivity contribution in [2.45, 2.75) is 38.8 Å². The standard InChI is InChI=1S/C18H25N3OS/c1-14-17(12-19-13-18(22)8-10-23-11-9-18)15(2)21(20-14)16-6-4-3-5-7-16/h3-7,19,22H,8-13H2,1-2H3. The molecular weight excluding hydrogens is 306 g/mol. The second-order valence-corrected chi connectivity index (χ2v) is 7.56. The number of nitrogens with one attached hydrogen (secondary N) is 1. The lowest BCUT2D eigenvalue weighted by Crippen LogP contribution is -2.43. The van der Waals surface area contributed by atoms with E-state index in [0.29, 0.717) is 6.54 Å². The SMILES string of the molecule is Cc1nn(-c2ccccc2)c(C)c1CNCC1(O)CCSCC1. The molecule has 0 bridgehead atoms. The van der Waals surface area contributed by atoms with E-state index in [9.17, 15) is 5.11 Å². The first-order valence-electron chi connectivity index (χ1n) is 8.20. The fourth-order valence-electron chi connectivity index (χ4n) is 3.10. The number of para-hydroxylation sites is 1. The van der Waals surface area contributed by atoms with Gasteiger partial charge < -0.3 is 10.4 Å². The number of aromatic nitrogens is 2. The maximum absolute atomic E-state index is 10.6. The van der Waals surface area contributed by atoms with E-state index in [1.807, 2.05) is 34.6 Å². The van der Waals surface area contributed by atoms with Crippen LogP contribution in [0.4, 0.5) is 0 Å². The molecule has 1 saturated heterocycles. The van der Waals surface area contributed by atoms with Gasteiger partial charge >= 0.3 is 0 Å². The number of hydrogen-bond acceptors (Lipinski definition) is 4. The van der Waals surface area contributed by atoms with Crippen molar-refractivity contribution >= 4 is 11.8 Å². The molecule has 3 rings (SSSR count). The van der Waals surface area contributed by atoms with E-state index >= 15 is 0 Å². The summed E-state index contributed by atoms with van der Waals surface area (Å²) in [6, 6.07) is 10.2. The van der Waals surface area contributed by atoms with Gasteiger partial charge in [-0.15, -0.1) is 0 Å². The van der Waals surface area contributed by atoms with Crippen LogP contribution < -0.4 is 5.32 Å². The summed E-state index contributed by atoms with van der Waals surface area (Å²) < 4.78 is 2.00. The largest absolute Gasteiger partial charge is 0.389 e. The summed E-state index contributed by atoms with van der Waals surface area (Å²) in [6.45, 7) is 5.56. The average Bonchev–Trinajstić information content (AvgIpc) is 2.84. The summed E-state index contributed by atoms with van der Waals surface area (Å²) in [4.78, 5) is 0. The van der Waals surface area contributed by atoms with Crippen LogP contribution in [0.2, 0.25) is 0 Å². The van der Waals surface area contributed by atoms with Gasteiger partial charge in [0.05, 0.1) is 17.0 Å². The average molecular weight is 331 g/mol. The summed E-state index contributed by atoms with van der Waals surface area (Å²) in [5.74, 6) is 2.12. The fourth-order valence-corrected chi connectivity index (χ4v) is 4.35. The summed E-state index contributed by atoms with van der Waals surface area (Å²) in [7, 11) is 0. The van der Waals surface area contributed by atoms with Crippen LogP contribution in [-0.4, -0.2) is 38.5 Å². The monoisotopic (exact) mass is 331 g/mol. The Labute approximate surface area is 142 Å². The molecule has 2 aromatic rings. The van der Waals surface area contributed by atoms with Gasteiger partial charge in [-0.05, 0) is 50.3 Å². The molecule has 0 radical (unpaired) electrons. The molecule has 0 spiro atoms. The van der Waals surface area contributed by atoms with E-state index < -0.39 is 5.60 Å². The predicted octanol–water partition coefficient (Wildman–Crippen LogP) is 2.84.